The molecule has 1 heterocycles. The summed E-state index contributed by atoms with van der Waals surface area (Å²) in [6.45, 7) is 16.9. The number of aliphatic hydroxyl groups excluding tert-OH is 2. The maximum Gasteiger partial charge on any atom is 0.164 e. The highest BCUT2D eigenvalue weighted by Gasteiger charge is 2.37. The summed E-state index contributed by atoms with van der Waals surface area (Å²) in [5, 5.41) is 18.3. The minimum Gasteiger partial charge on any atom is -0.487 e. The molecular formula is C26H44O6. The lowest BCUT2D eigenvalue weighted by molar-refractivity contribution is -0.0697. The molecule has 1 aromatic rings. The van der Waals surface area contributed by atoms with E-state index in [9.17, 15) is 5.11 Å². The standard InChI is InChI=1S/C26H44O6/c1-19-14-20(25(5,6)17-24(2,3)4)15-22(23(19)30-13-12-29-11-10-27)31-18-26(7)9-8-21(16-28)32-26/h14-15,21,27-28H,8-13,16-18H2,1-7H3. The second-order valence-electron chi connectivity index (χ2n) is 11.1. The van der Waals surface area contributed by atoms with Crippen LogP contribution >= 0.6 is 0 Å². The predicted octanol–water partition coefficient (Wildman–Crippen LogP) is 4.41. The smallest absolute Gasteiger partial charge is 0.164 e. The summed E-state index contributed by atoms with van der Waals surface area (Å²) in [6, 6.07) is 4.29. The lowest BCUT2D eigenvalue weighted by atomic mass is 9.72. The van der Waals surface area contributed by atoms with Crippen LogP contribution in [0.2, 0.25) is 0 Å². The highest BCUT2D eigenvalue weighted by atomic mass is 16.6. The Morgan fingerprint density at radius 1 is 1.06 bits per heavy atom. The highest BCUT2D eigenvalue weighted by molar-refractivity contribution is 5.50. The van der Waals surface area contributed by atoms with Crippen molar-refractivity contribution in [2.24, 2.45) is 5.41 Å². The zero-order chi connectivity index (χ0) is 24.0. The maximum atomic E-state index is 9.43. The van der Waals surface area contributed by atoms with Crippen molar-refractivity contribution in [1.82, 2.24) is 0 Å². The second kappa shape index (κ2) is 11.2. The molecule has 1 aliphatic heterocycles. The molecule has 1 fully saturated rings. The van der Waals surface area contributed by atoms with E-state index in [4.69, 9.17) is 24.1 Å². The van der Waals surface area contributed by atoms with Crippen LogP contribution in [0.4, 0.5) is 0 Å². The van der Waals surface area contributed by atoms with Crippen molar-refractivity contribution >= 4 is 0 Å². The molecule has 1 aliphatic rings. The molecule has 6 heteroatoms. The van der Waals surface area contributed by atoms with E-state index in [1.807, 2.05) is 13.8 Å². The van der Waals surface area contributed by atoms with Crippen LogP contribution in [0.5, 0.6) is 11.5 Å². The molecule has 6 nitrogen and oxygen atoms in total. The average Bonchev–Trinajstić information content (AvgIpc) is 3.07. The predicted molar refractivity (Wildman–Crippen MR) is 127 cm³/mol. The van der Waals surface area contributed by atoms with Gasteiger partial charge in [0.25, 0.3) is 0 Å². The fraction of sp³-hybridized carbons (Fsp3) is 0.769. The van der Waals surface area contributed by atoms with Crippen molar-refractivity contribution in [3.8, 4) is 11.5 Å². The lowest BCUT2D eigenvalue weighted by Crippen LogP contribution is -2.33. The third-order valence-corrected chi connectivity index (χ3v) is 5.89. The van der Waals surface area contributed by atoms with Crippen LogP contribution < -0.4 is 9.47 Å². The first-order valence-corrected chi connectivity index (χ1v) is 11.8. The summed E-state index contributed by atoms with van der Waals surface area (Å²) in [5.74, 6) is 1.43. The van der Waals surface area contributed by atoms with E-state index in [2.05, 4.69) is 46.8 Å². The summed E-state index contributed by atoms with van der Waals surface area (Å²) in [4.78, 5) is 0. The van der Waals surface area contributed by atoms with Crippen molar-refractivity contribution < 1.29 is 29.2 Å². The summed E-state index contributed by atoms with van der Waals surface area (Å²) in [6.07, 6.45) is 2.59. The van der Waals surface area contributed by atoms with Crippen molar-refractivity contribution in [1.29, 1.82) is 0 Å². The van der Waals surface area contributed by atoms with Crippen LogP contribution in [0.25, 0.3) is 0 Å². The van der Waals surface area contributed by atoms with Crippen molar-refractivity contribution in [2.45, 2.75) is 84.8 Å². The monoisotopic (exact) mass is 452 g/mol. The Balaban J connectivity index is 2.25. The van der Waals surface area contributed by atoms with E-state index in [-0.39, 0.29) is 30.1 Å². The molecule has 0 radical (unpaired) electrons. The minimum absolute atomic E-state index is 0.00162. The molecule has 184 valence electrons. The van der Waals surface area contributed by atoms with E-state index >= 15 is 0 Å². The molecule has 0 amide bonds. The van der Waals surface area contributed by atoms with Gasteiger partial charge in [0.2, 0.25) is 0 Å². The number of hydrogen-bond acceptors (Lipinski definition) is 6. The normalized spacial score (nSPS) is 21.7. The Hall–Kier alpha value is -1.34. The molecule has 1 saturated heterocycles. The quantitative estimate of drug-likeness (QED) is 0.458. The van der Waals surface area contributed by atoms with E-state index < -0.39 is 5.60 Å². The molecule has 2 rings (SSSR count). The number of aliphatic hydroxyl groups is 2. The van der Waals surface area contributed by atoms with Crippen molar-refractivity contribution in [3.63, 3.8) is 0 Å². The molecule has 0 spiro atoms. The van der Waals surface area contributed by atoms with Crippen LogP contribution in [-0.2, 0) is 14.9 Å². The Morgan fingerprint density at radius 3 is 2.38 bits per heavy atom. The lowest BCUT2D eigenvalue weighted by Gasteiger charge is -2.34. The molecule has 2 N–H and O–H groups in total. The van der Waals surface area contributed by atoms with Gasteiger partial charge in [0.05, 0.1) is 38.1 Å². The van der Waals surface area contributed by atoms with E-state index in [1.54, 1.807) is 0 Å². The van der Waals surface area contributed by atoms with E-state index in [0.29, 0.717) is 37.9 Å². The van der Waals surface area contributed by atoms with Crippen LogP contribution in [0, 0.1) is 12.3 Å². The summed E-state index contributed by atoms with van der Waals surface area (Å²) >= 11 is 0. The highest BCUT2D eigenvalue weighted by Crippen LogP contribution is 2.42. The first-order valence-electron chi connectivity index (χ1n) is 11.8. The van der Waals surface area contributed by atoms with E-state index in [1.165, 1.54) is 5.56 Å². The zero-order valence-electron chi connectivity index (χ0n) is 21.1. The molecule has 32 heavy (non-hydrogen) atoms. The van der Waals surface area contributed by atoms with Gasteiger partial charge in [-0.15, -0.1) is 0 Å². The van der Waals surface area contributed by atoms with Gasteiger partial charge < -0.3 is 29.2 Å². The molecule has 0 aliphatic carbocycles. The summed E-state index contributed by atoms with van der Waals surface area (Å²) in [7, 11) is 0. The Labute approximate surface area is 194 Å². The molecule has 2 atom stereocenters. The fourth-order valence-electron chi connectivity index (χ4n) is 4.67. The van der Waals surface area contributed by atoms with Crippen LogP contribution in [-0.4, -0.2) is 61.6 Å². The number of aryl methyl sites for hydroxylation is 1. The van der Waals surface area contributed by atoms with Crippen LogP contribution in [0.1, 0.15) is 71.9 Å². The number of ether oxygens (including phenoxy) is 4. The van der Waals surface area contributed by atoms with Gasteiger partial charge in [0, 0.05) is 0 Å². The van der Waals surface area contributed by atoms with Crippen LogP contribution in [0.15, 0.2) is 12.1 Å². The van der Waals surface area contributed by atoms with Gasteiger partial charge in [-0.05, 0) is 61.1 Å². The maximum absolute atomic E-state index is 9.43. The fourth-order valence-corrected chi connectivity index (χ4v) is 4.67. The summed E-state index contributed by atoms with van der Waals surface area (Å²) < 4.78 is 23.7. The third-order valence-electron chi connectivity index (χ3n) is 5.89. The Morgan fingerprint density at radius 2 is 1.78 bits per heavy atom. The molecule has 0 aromatic heterocycles. The number of rotatable bonds is 12. The Bertz CT molecular complexity index is 724. The Kier molecular flexibility index (Phi) is 9.41. The van der Waals surface area contributed by atoms with Gasteiger partial charge in [-0.3, -0.25) is 0 Å². The number of hydrogen-bond donors (Lipinski definition) is 2. The summed E-state index contributed by atoms with van der Waals surface area (Å²) in [5.41, 5.74) is 1.98. The van der Waals surface area contributed by atoms with Crippen molar-refractivity contribution in [2.75, 3.05) is 39.6 Å². The first-order chi connectivity index (χ1) is 14.9. The molecule has 0 bridgehead atoms. The second-order valence-corrected chi connectivity index (χ2v) is 11.1. The molecule has 2 unspecified atom stereocenters. The third kappa shape index (κ3) is 7.91. The van der Waals surface area contributed by atoms with Crippen LogP contribution in [0.3, 0.4) is 0 Å². The first kappa shape index (κ1) is 26.9. The van der Waals surface area contributed by atoms with Gasteiger partial charge >= 0.3 is 0 Å². The van der Waals surface area contributed by atoms with Crippen molar-refractivity contribution in [3.05, 3.63) is 23.3 Å². The van der Waals surface area contributed by atoms with Gasteiger partial charge in [-0.1, -0.05) is 40.7 Å². The largest absolute Gasteiger partial charge is 0.487 e. The molecule has 1 aromatic carbocycles. The van der Waals surface area contributed by atoms with Gasteiger partial charge in [-0.25, -0.2) is 0 Å². The van der Waals surface area contributed by atoms with E-state index in [0.717, 1.165) is 24.8 Å². The number of benzene rings is 1. The van der Waals surface area contributed by atoms with Gasteiger partial charge in [0.15, 0.2) is 11.5 Å². The van der Waals surface area contributed by atoms with Gasteiger partial charge in [-0.2, -0.15) is 0 Å². The topological polar surface area (TPSA) is 77.4 Å². The minimum atomic E-state index is -0.431. The average molecular weight is 453 g/mol. The molecular weight excluding hydrogens is 408 g/mol. The van der Waals surface area contributed by atoms with Gasteiger partial charge in [0.1, 0.15) is 13.2 Å². The zero-order valence-corrected chi connectivity index (χ0v) is 21.1. The molecule has 0 saturated carbocycles. The SMILES string of the molecule is Cc1cc(C(C)(C)CC(C)(C)C)cc(OCC2(C)CCC(CO)O2)c1OCCOCCO.